The van der Waals surface area contributed by atoms with Crippen LogP contribution in [0, 0.1) is 6.92 Å². The summed E-state index contributed by atoms with van der Waals surface area (Å²) >= 11 is 0. The quantitative estimate of drug-likeness (QED) is 0.181. The molecule has 0 atom stereocenters. The monoisotopic (exact) mass is 586 g/mol. The third-order valence-corrected chi connectivity index (χ3v) is 8.95. The number of benzene rings is 7. The van der Waals surface area contributed by atoms with Crippen molar-refractivity contribution in [2.75, 3.05) is 0 Å². The molecule has 0 aromatic heterocycles. The molecule has 7 aromatic rings. The minimum absolute atomic E-state index is 0.758. The fourth-order valence-electron chi connectivity index (χ4n) is 6.69. The molecule has 1 aliphatic rings. The Kier molecular flexibility index (Phi) is 9.31. The number of rotatable bonds is 3. The number of fused-ring (bicyclic) bond motifs is 4. The van der Waals surface area contributed by atoms with Crippen LogP contribution in [0.25, 0.3) is 65.3 Å². The minimum Gasteiger partial charge on any atom is -0.0656 e. The highest BCUT2D eigenvalue weighted by Crippen LogP contribution is 2.45. The van der Waals surface area contributed by atoms with E-state index in [1.54, 1.807) is 0 Å². The third kappa shape index (κ3) is 6.12. The molecule has 0 saturated heterocycles. The zero-order chi connectivity index (χ0) is 31.3. The largest absolute Gasteiger partial charge is 0.0656 e. The maximum Gasteiger partial charge on any atom is -0.00262 e. The maximum atomic E-state index is 2.42. The van der Waals surface area contributed by atoms with Gasteiger partial charge < -0.3 is 0 Å². The van der Waals surface area contributed by atoms with Crippen molar-refractivity contribution in [3.05, 3.63) is 132 Å². The Morgan fingerprint density at radius 1 is 0.467 bits per heavy atom. The van der Waals surface area contributed by atoms with Gasteiger partial charge >= 0.3 is 0 Å². The highest BCUT2D eigenvalue weighted by molar-refractivity contribution is 6.22. The van der Waals surface area contributed by atoms with E-state index < -0.39 is 0 Å². The van der Waals surface area contributed by atoms with Gasteiger partial charge in [0, 0.05) is 0 Å². The van der Waals surface area contributed by atoms with Crippen molar-refractivity contribution < 1.29 is 0 Å². The number of hydrogen-bond acceptors (Lipinski definition) is 0. The van der Waals surface area contributed by atoms with Gasteiger partial charge in [-0.05, 0) is 109 Å². The van der Waals surface area contributed by atoms with Gasteiger partial charge in [0.2, 0.25) is 0 Å². The third-order valence-electron chi connectivity index (χ3n) is 8.95. The molecule has 1 fully saturated rings. The van der Waals surface area contributed by atoms with Crippen LogP contribution in [0.4, 0.5) is 0 Å². The summed E-state index contributed by atoms with van der Waals surface area (Å²) in [6.45, 7) is 10.7. The van der Waals surface area contributed by atoms with Crippen molar-refractivity contribution in [3.63, 3.8) is 0 Å². The van der Waals surface area contributed by atoms with Crippen LogP contribution < -0.4 is 0 Å². The summed E-state index contributed by atoms with van der Waals surface area (Å²) < 4.78 is 0. The molecular formula is C45H46. The molecular weight excluding hydrogens is 540 g/mol. The van der Waals surface area contributed by atoms with Crippen molar-refractivity contribution >= 4 is 43.1 Å². The molecule has 0 aliphatic heterocycles. The van der Waals surface area contributed by atoms with Gasteiger partial charge in [0.25, 0.3) is 0 Å². The van der Waals surface area contributed by atoms with E-state index in [1.807, 2.05) is 0 Å². The lowest BCUT2D eigenvalue weighted by atomic mass is 9.79. The molecule has 0 unspecified atom stereocenters. The molecule has 0 bridgehead atoms. The van der Waals surface area contributed by atoms with Crippen LogP contribution in [-0.4, -0.2) is 0 Å². The van der Waals surface area contributed by atoms with Crippen LogP contribution in [0.15, 0.2) is 121 Å². The van der Waals surface area contributed by atoms with Crippen molar-refractivity contribution in [1.29, 1.82) is 0 Å². The second-order valence-corrected chi connectivity index (χ2v) is 12.8. The van der Waals surface area contributed by atoms with Crippen LogP contribution in [0.2, 0.25) is 0 Å². The zero-order valence-corrected chi connectivity index (χ0v) is 27.7. The van der Waals surface area contributed by atoms with Crippen molar-refractivity contribution in [2.45, 2.75) is 72.6 Å². The SMILES string of the molecule is CCC.CCC.Cc1ccc2cc(-c3c4ccccc4c(-c4ccc5cc(C6CCC6)ccc5c4)c4ccccc34)ccc2c1. The van der Waals surface area contributed by atoms with Gasteiger partial charge in [-0.3, -0.25) is 0 Å². The van der Waals surface area contributed by atoms with Crippen molar-refractivity contribution in [2.24, 2.45) is 0 Å². The molecule has 226 valence electrons. The Labute approximate surface area is 269 Å². The van der Waals surface area contributed by atoms with Gasteiger partial charge in [0.1, 0.15) is 0 Å². The highest BCUT2D eigenvalue weighted by Gasteiger charge is 2.20. The summed E-state index contributed by atoms with van der Waals surface area (Å²) in [5.74, 6) is 0.758. The Morgan fingerprint density at radius 2 is 0.867 bits per heavy atom. The first-order chi connectivity index (χ1) is 22.1. The van der Waals surface area contributed by atoms with Gasteiger partial charge in [-0.15, -0.1) is 0 Å². The van der Waals surface area contributed by atoms with E-state index in [1.165, 1.54) is 109 Å². The van der Waals surface area contributed by atoms with E-state index in [-0.39, 0.29) is 0 Å². The summed E-state index contributed by atoms with van der Waals surface area (Å²) in [4.78, 5) is 0. The van der Waals surface area contributed by atoms with Crippen molar-refractivity contribution in [1.82, 2.24) is 0 Å². The second-order valence-electron chi connectivity index (χ2n) is 12.8. The molecule has 7 aromatic carbocycles. The summed E-state index contributed by atoms with van der Waals surface area (Å²) in [6.07, 6.45) is 6.55. The lowest BCUT2D eigenvalue weighted by Gasteiger charge is -2.26. The van der Waals surface area contributed by atoms with E-state index in [0.717, 1.165) is 5.92 Å². The van der Waals surface area contributed by atoms with E-state index in [2.05, 4.69) is 156 Å². The molecule has 0 spiro atoms. The molecule has 0 N–H and O–H groups in total. The molecule has 1 saturated carbocycles. The summed E-state index contributed by atoms with van der Waals surface area (Å²) in [7, 11) is 0. The van der Waals surface area contributed by atoms with Crippen LogP contribution in [0.3, 0.4) is 0 Å². The standard InChI is InChI=1S/C39H30.2C3H8/c1-25-13-14-29-23-32(19-17-27(29)21-25)38-34-9-2-4-11-36(34)39(37-12-5-3-10-35(37)38)33-20-18-30-22-28(26-7-6-8-26)15-16-31(30)24-33;2*1-3-2/h2-5,9-24,26H,6-8H2,1H3;2*3H2,1-2H3. The Morgan fingerprint density at radius 3 is 1.31 bits per heavy atom. The molecule has 0 nitrogen and oxygen atoms in total. The van der Waals surface area contributed by atoms with E-state index >= 15 is 0 Å². The Bertz CT molecular complexity index is 2030. The predicted octanol–water partition coefficient (Wildman–Crippen LogP) is 14.0. The molecule has 1 aliphatic carbocycles. The zero-order valence-electron chi connectivity index (χ0n) is 27.7. The first-order valence-electron chi connectivity index (χ1n) is 17.0. The average Bonchev–Trinajstić information content (AvgIpc) is 3.03. The first kappa shape index (κ1) is 30.6. The fraction of sp³-hybridized carbons (Fsp3) is 0.244. The lowest BCUT2D eigenvalue weighted by molar-refractivity contribution is 0.420. The smallest absolute Gasteiger partial charge is 0.00262 e. The van der Waals surface area contributed by atoms with Crippen LogP contribution in [0.5, 0.6) is 0 Å². The normalized spacial score (nSPS) is 12.8. The molecule has 0 amide bonds. The minimum atomic E-state index is 0.758. The van der Waals surface area contributed by atoms with Gasteiger partial charge in [-0.2, -0.15) is 0 Å². The van der Waals surface area contributed by atoms with Gasteiger partial charge in [0.15, 0.2) is 0 Å². The van der Waals surface area contributed by atoms with E-state index in [9.17, 15) is 0 Å². The van der Waals surface area contributed by atoms with Crippen LogP contribution in [-0.2, 0) is 0 Å². The van der Waals surface area contributed by atoms with Crippen LogP contribution >= 0.6 is 0 Å². The van der Waals surface area contributed by atoms with Crippen molar-refractivity contribution in [3.8, 4) is 22.3 Å². The first-order valence-corrected chi connectivity index (χ1v) is 17.0. The van der Waals surface area contributed by atoms with Gasteiger partial charge in [-0.25, -0.2) is 0 Å². The highest BCUT2D eigenvalue weighted by atomic mass is 14.2. The second kappa shape index (κ2) is 13.7. The molecule has 8 rings (SSSR count). The van der Waals surface area contributed by atoms with Crippen LogP contribution in [0.1, 0.15) is 76.8 Å². The fourth-order valence-corrected chi connectivity index (χ4v) is 6.69. The van der Waals surface area contributed by atoms with E-state index in [0.29, 0.717) is 0 Å². The number of aryl methyl sites for hydroxylation is 1. The molecule has 0 heterocycles. The lowest BCUT2D eigenvalue weighted by Crippen LogP contribution is -2.08. The average molecular weight is 587 g/mol. The molecule has 0 radical (unpaired) electrons. The van der Waals surface area contributed by atoms with Gasteiger partial charge in [-0.1, -0.05) is 162 Å². The summed E-state index contributed by atoms with van der Waals surface area (Å²) in [5.41, 5.74) is 8.00. The molecule has 45 heavy (non-hydrogen) atoms. The number of hydrogen-bond donors (Lipinski definition) is 0. The summed E-state index contributed by atoms with van der Waals surface area (Å²) in [6, 6.07) is 45.7. The van der Waals surface area contributed by atoms with E-state index in [4.69, 9.17) is 0 Å². The van der Waals surface area contributed by atoms with Gasteiger partial charge in [0.05, 0.1) is 0 Å². The Balaban J connectivity index is 0.000000554. The summed E-state index contributed by atoms with van der Waals surface area (Å²) in [5, 5.41) is 10.5. The Hall–Kier alpha value is -4.42. The maximum absolute atomic E-state index is 2.42. The predicted molar refractivity (Wildman–Crippen MR) is 201 cm³/mol. The molecule has 0 heteroatoms. The topological polar surface area (TPSA) is 0 Å².